The lowest BCUT2D eigenvalue weighted by Gasteiger charge is -2.33. The van der Waals surface area contributed by atoms with E-state index in [1.807, 2.05) is 6.07 Å². The van der Waals surface area contributed by atoms with Crippen molar-refractivity contribution in [2.24, 2.45) is 10.7 Å². The van der Waals surface area contributed by atoms with Crippen LogP contribution < -0.4 is 11.1 Å². The number of carbonyl (C=O) groups is 1. The highest BCUT2D eigenvalue weighted by Crippen LogP contribution is 2.37. The molecule has 0 spiro atoms. The van der Waals surface area contributed by atoms with E-state index in [4.69, 9.17) is 27.3 Å². The number of carbonyl (C=O) groups excluding carboxylic acids is 1. The van der Waals surface area contributed by atoms with Crippen molar-refractivity contribution in [3.8, 4) is 6.07 Å². The monoisotopic (exact) mass is 405 g/mol. The van der Waals surface area contributed by atoms with Crippen LogP contribution in [0.5, 0.6) is 0 Å². The van der Waals surface area contributed by atoms with Crippen LogP contribution in [0.25, 0.3) is 0 Å². The number of amidine groups is 1. The summed E-state index contributed by atoms with van der Waals surface area (Å²) in [4.78, 5) is 20.2. The third-order valence-electron chi connectivity index (χ3n) is 4.28. The highest BCUT2D eigenvalue weighted by atomic mass is 35.5. The molecule has 2 heterocycles. The first kappa shape index (κ1) is 19.5. The summed E-state index contributed by atoms with van der Waals surface area (Å²) in [5.74, 6) is -1.39. The Labute approximate surface area is 163 Å². The van der Waals surface area contributed by atoms with E-state index >= 15 is 0 Å². The summed E-state index contributed by atoms with van der Waals surface area (Å²) in [6.07, 6.45) is -0.444. The Bertz CT molecular complexity index is 1020. The maximum Gasteiger partial charge on any atom is 0.283 e. The number of rotatable bonds is 3. The molecule has 28 heavy (non-hydrogen) atoms. The van der Waals surface area contributed by atoms with Crippen molar-refractivity contribution >= 4 is 29.2 Å². The average Bonchev–Trinajstić information content (AvgIpc) is 2.66. The number of alkyl halides is 1. The number of ether oxygens (including phenoxy) is 1. The minimum atomic E-state index is -1.64. The predicted octanol–water partition coefficient (Wildman–Crippen LogP) is 2.90. The Kier molecular flexibility index (Phi) is 5.16. The molecule has 10 heteroatoms. The van der Waals surface area contributed by atoms with Crippen molar-refractivity contribution in [1.29, 1.82) is 5.26 Å². The van der Waals surface area contributed by atoms with E-state index < -0.39 is 23.4 Å². The molecule has 0 fully saturated rings. The molecule has 2 aromatic rings. The normalized spacial score (nSPS) is 21.2. The van der Waals surface area contributed by atoms with Crippen molar-refractivity contribution in [2.75, 3.05) is 11.9 Å². The molecule has 0 saturated carbocycles. The first-order valence-electron chi connectivity index (χ1n) is 8.04. The number of nitrogens with one attached hydrogen (secondary N) is 1. The van der Waals surface area contributed by atoms with Gasteiger partial charge < -0.3 is 15.8 Å². The van der Waals surface area contributed by atoms with Crippen LogP contribution in [0.3, 0.4) is 0 Å². The van der Waals surface area contributed by atoms with E-state index in [0.29, 0.717) is 0 Å². The second-order valence-corrected chi connectivity index (χ2v) is 6.60. The van der Waals surface area contributed by atoms with E-state index in [1.165, 1.54) is 31.3 Å². The van der Waals surface area contributed by atoms with Gasteiger partial charge in [-0.2, -0.15) is 5.26 Å². The van der Waals surface area contributed by atoms with Crippen LogP contribution in [-0.4, -0.2) is 29.7 Å². The van der Waals surface area contributed by atoms with Crippen molar-refractivity contribution < 1.29 is 18.3 Å². The van der Waals surface area contributed by atoms with Gasteiger partial charge in [0.2, 0.25) is 0 Å². The Morgan fingerprint density at radius 1 is 1.50 bits per heavy atom. The average molecular weight is 406 g/mol. The van der Waals surface area contributed by atoms with Crippen LogP contribution in [0.1, 0.15) is 28.5 Å². The van der Waals surface area contributed by atoms with E-state index in [1.54, 1.807) is 0 Å². The summed E-state index contributed by atoms with van der Waals surface area (Å²) in [5.41, 5.74) is 4.07. The summed E-state index contributed by atoms with van der Waals surface area (Å²) in [6.45, 7) is 1.02. The van der Waals surface area contributed by atoms with Crippen molar-refractivity contribution in [3.63, 3.8) is 0 Å². The molecule has 1 aliphatic rings. The van der Waals surface area contributed by atoms with Gasteiger partial charge in [0.25, 0.3) is 11.9 Å². The quantitative estimate of drug-likeness (QED) is 0.815. The Morgan fingerprint density at radius 2 is 2.25 bits per heavy atom. The van der Waals surface area contributed by atoms with E-state index in [0.717, 1.165) is 6.07 Å². The standard InChI is InChI=1S/C18H14ClF2N5O2/c1-18(14(21)8-28-17(23)26-18)11-5-10(2-3-13(11)20)25-16(27)15-12(19)4-9(6-22)7-24-15/h2-5,7,14H,8H2,1H3,(H2,23,26)(H,25,27)/t14-,18-/m1/s1. The number of anilines is 1. The van der Waals surface area contributed by atoms with Gasteiger partial charge in [-0.15, -0.1) is 0 Å². The van der Waals surface area contributed by atoms with Crippen LogP contribution >= 0.6 is 11.6 Å². The lowest BCUT2D eigenvalue weighted by Crippen LogP contribution is -2.43. The van der Waals surface area contributed by atoms with E-state index in [9.17, 15) is 13.6 Å². The molecule has 3 rings (SSSR count). The first-order chi connectivity index (χ1) is 13.2. The molecule has 1 aliphatic heterocycles. The number of nitrogens with two attached hydrogens (primary N) is 1. The number of aliphatic imine (C=N–C) groups is 1. The minimum Gasteiger partial charge on any atom is -0.462 e. The predicted molar refractivity (Wildman–Crippen MR) is 98.1 cm³/mol. The molecule has 1 amide bonds. The van der Waals surface area contributed by atoms with Gasteiger partial charge >= 0.3 is 0 Å². The summed E-state index contributed by atoms with van der Waals surface area (Å²) in [7, 11) is 0. The molecule has 1 aromatic heterocycles. The van der Waals surface area contributed by atoms with Crippen LogP contribution in [0.4, 0.5) is 14.5 Å². The zero-order valence-corrected chi connectivity index (χ0v) is 15.3. The van der Waals surface area contributed by atoms with Gasteiger partial charge in [-0.1, -0.05) is 11.6 Å². The number of benzene rings is 1. The molecule has 0 saturated heterocycles. The van der Waals surface area contributed by atoms with Gasteiger partial charge in [-0.3, -0.25) is 4.79 Å². The molecule has 144 valence electrons. The van der Waals surface area contributed by atoms with Gasteiger partial charge in [0.1, 0.15) is 29.7 Å². The molecule has 0 aliphatic carbocycles. The summed E-state index contributed by atoms with van der Waals surface area (Å²) in [5, 5.41) is 11.3. The van der Waals surface area contributed by atoms with Gasteiger partial charge in [0.15, 0.2) is 6.17 Å². The highest BCUT2D eigenvalue weighted by molar-refractivity contribution is 6.34. The Morgan fingerprint density at radius 3 is 2.93 bits per heavy atom. The van der Waals surface area contributed by atoms with Crippen LogP contribution in [0, 0.1) is 17.1 Å². The maximum absolute atomic E-state index is 14.5. The fourth-order valence-corrected chi connectivity index (χ4v) is 2.98. The molecule has 0 bridgehead atoms. The van der Waals surface area contributed by atoms with Crippen LogP contribution in [0.15, 0.2) is 35.5 Å². The van der Waals surface area contributed by atoms with E-state index in [2.05, 4.69) is 15.3 Å². The lowest BCUT2D eigenvalue weighted by molar-refractivity contribution is 0.0923. The number of halogens is 3. The molecule has 0 unspecified atom stereocenters. The Balaban J connectivity index is 1.93. The van der Waals surface area contributed by atoms with Crippen LogP contribution in [0.2, 0.25) is 5.02 Å². The maximum atomic E-state index is 14.5. The number of hydrogen-bond acceptors (Lipinski definition) is 6. The molecule has 3 N–H and O–H groups in total. The highest BCUT2D eigenvalue weighted by Gasteiger charge is 2.42. The number of hydrogen-bond donors (Lipinski definition) is 2. The topological polar surface area (TPSA) is 113 Å². The third kappa shape index (κ3) is 3.59. The molecular weight excluding hydrogens is 392 g/mol. The molecule has 0 radical (unpaired) electrons. The second-order valence-electron chi connectivity index (χ2n) is 6.19. The number of amides is 1. The van der Waals surface area contributed by atoms with E-state index in [-0.39, 0.29) is 40.2 Å². The smallest absolute Gasteiger partial charge is 0.283 e. The second kappa shape index (κ2) is 7.40. The van der Waals surface area contributed by atoms with Gasteiger partial charge in [0.05, 0.1) is 10.6 Å². The fraction of sp³-hybridized carbons (Fsp3) is 0.222. The molecule has 7 nitrogen and oxygen atoms in total. The van der Waals surface area contributed by atoms with Crippen molar-refractivity contribution in [1.82, 2.24) is 4.98 Å². The first-order valence-corrected chi connectivity index (χ1v) is 8.41. The number of nitriles is 1. The van der Waals surface area contributed by atoms with Crippen LogP contribution in [-0.2, 0) is 10.3 Å². The van der Waals surface area contributed by atoms with Crippen molar-refractivity contribution in [3.05, 3.63) is 58.1 Å². The fourth-order valence-electron chi connectivity index (χ4n) is 2.73. The Hall–Kier alpha value is -3.25. The van der Waals surface area contributed by atoms with Gasteiger partial charge in [-0.25, -0.2) is 18.8 Å². The SMILES string of the molecule is C[C@]1(c2cc(NC(=O)c3ncc(C#N)cc3Cl)ccc2F)N=C(N)OC[C@H]1F. The summed E-state index contributed by atoms with van der Waals surface area (Å²) in [6, 6.07) is 6.55. The molecule has 2 atom stereocenters. The zero-order chi connectivity index (χ0) is 20.5. The number of pyridine rings is 1. The lowest BCUT2D eigenvalue weighted by atomic mass is 9.86. The summed E-state index contributed by atoms with van der Waals surface area (Å²) < 4.78 is 33.7. The largest absolute Gasteiger partial charge is 0.462 e. The molecule has 1 aromatic carbocycles. The summed E-state index contributed by atoms with van der Waals surface area (Å²) >= 11 is 5.98. The zero-order valence-electron chi connectivity index (χ0n) is 14.5. The van der Waals surface area contributed by atoms with Gasteiger partial charge in [0, 0.05) is 17.4 Å². The number of aromatic nitrogens is 1. The molecular formula is C18H14ClF2N5O2. The number of nitrogens with zero attached hydrogens (tertiary/aromatic N) is 3. The minimum absolute atomic E-state index is 0.0172. The van der Waals surface area contributed by atoms with Crippen molar-refractivity contribution in [2.45, 2.75) is 18.6 Å². The van der Waals surface area contributed by atoms with Gasteiger partial charge in [-0.05, 0) is 31.2 Å². The third-order valence-corrected chi connectivity index (χ3v) is 4.57.